The summed E-state index contributed by atoms with van der Waals surface area (Å²) in [6.07, 6.45) is 3.44. The molecule has 0 spiro atoms. The zero-order valence-electron chi connectivity index (χ0n) is 11.0. The van der Waals surface area contributed by atoms with Crippen molar-refractivity contribution in [3.63, 3.8) is 0 Å². The lowest BCUT2D eigenvalue weighted by Crippen LogP contribution is -2.45. The Morgan fingerprint density at radius 2 is 2.00 bits per heavy atom. The van der Waals surface area contributed by atoms with Gasteiger partial charge < -0.3 is 10.0 Å². The van der Waals surface area contributed by atoms with E-state index in [-0.39, 0.29) is 5.41 Å². The third-order valence-corrected chi connectivity index (χ3v) is 5.44. The van der Waals surface area contributed by atoms with Crippen LogP contribution in [0.4, 0.5) is 0 Å². The summed E-state index contributed by atoms with van der Waals surface area (Å²) in [5.74, 6) is 1.26. The topological polar surface area (TPSA) is 23.5 Å². The van der Waals surface area contributed by atoms with Gasteiger partial charge in [-0.2, -0.15) is 11.8 Å². The second kappa shape index (κ2) is 6.87. The van der Waals surface area contributed by atoms with E-state index in [2.05, 4.69) is 37.4 Å². The lowest BCUT2D eigenvalue weighted by molar-refractivity contribution is 0.0669. The van der Waals surface area contributed by atoms with Gasteiger partial charge in [0.25, 0.3) is 0 Å². The van der Waals surface area contributed by atoms with E-state index in [0.29, 0.717) is 6.61 Å². The molecule has 1 fully saturated rings. The number of hydrogen-bond acceptors (Lipinski definition) is 3. The van der Waals surface area contributed by atoms with Crippen LogP contribution in [0.1, 0.15) is 40.0 Å². The van der Waals surface area contributed by atoms with Crippen LogP contribution in [0.25, 0.3) is 0 Å². The predicted octanol–water partition coefficient (Wildman–Crippen LogP) is 2.61. The average Bonchev–Trinajstić information content (AvgIpc) is 2.36. The van der Waals surface area contributed by atoms with Crippen LogP contribution in [0.15, 0.2) is 0 Å². The van der Waals surface area contributed by atoms with E-state index in [9.17, 15) is 5.11 Å². The summed E-state index contributed by atoms with van der Waals surface area (Å²) in [5, 5.41) is 10.4. The van der Waals surface area contributed by atoms with Gasteiger partial charge in [0.2, 0.25) is 0 Å². The van der Waals surface area contributed by atoms with Crippen molar-refractivity contribution in [3.8, 4) is 0 Å². The first-order valence-electron chi connectivity index (χ1n) is 6.64. The van der Waals surface area contributed by atoms with E-state index < -0.39 is 0 Å². The molecule has 16 heavy (non-hydrogen) atoms. The van der Waals surface area contributed by atoms with Crippen LogP contribution >= 0.6 is 11.8 Å². The van der Waals surface area contributed by atoms with Gasteiger partial charge in [0.1, 0.15) is 0 Å². The largest absolute Gasteiger partial charge is 0.396 e. The highest BCUT2D eigenvalue weighted by atomic mass is 32.2. The van der Waals surface area contributed by atoms with E-state index in [0.717, 1.165) is 24.6 Å². The third-order valence-electron chi connectivity index (χ3n) is 4.07. The van der Waals surface area contributed by atoms with E-state index >= 15 is 0 Å². The zero-order chi connectivity index (χ0) is 12.0. The minimum absolute atomic E-state index is 0.139. The van der Waals surface area contributed by atoms with Crippen LogP contribution in [-0.4, -0.2) is 47.3 Å². The Bertz CT molecular complexity index is 186. The fourth-order valence-electron chi connectivity index (χ4n) is 2.39. The molecule has 0 bridgehead atoms. The normalized spacial score (nSPS) is 23.6. The first-order valence-corrected chi connectivity index (χ1v) is 7.69. The van der Waals surface area contributed by atoms with Gasteiger partial charge in [-0.25, -0.2) is 0 Å². The van der Waals surface area contributed by atoms with Gasteiger partial charge in [-0.3, -0.25) is 0 Å². The molecule has 0 aliphatic carbocycles. The summed E-state index contributed by atoms with van der Waals surface area (Å²) in [6, 6.07) is 0. The van der Waals surface area contributed by atoms with E-state index in [1.54, 1.807) is 0 Å². The van der Waals surface area contributed by atoms with Crippen molar-refractivity contribution >= 4 is 11.8 Å². The Morgan fingerprint density at radius 3 is 2.50 bits per heavy atom. The molecule has 1 aliphatic rings. The number of rotatable bonds is 6. The van der Waals surface area contributed by atoms with Gasteiger partial charge in [-0.1, -0.05) is 20.8 Å². The molecule has 1 atom stereocenters. The number of nitrogens with zero attached hydrogens (tertiary/aromatic N) is 1. The molecule has 2 nitrogen and oxygen atoms in total. The van der Waals surface area contributed by atoms with E-state index in [1.165, 1.54) is 25.3 Å². The SMILES string of the molecule is CCC1CN(CC(CC)(CC)CO)CCS1. The van der Waals surface area contributed by atoms with Crippen LogP contribution in [0.5, 0.6) is 0 Å². The van der Waals surface area contributed by atoms with Crippen LogP contribution in [-0.2, 0) is 0 Å². The van der Waals surface area contributed by atoms with Crippen LogP contribution in [0, 0.1) is 5.41 Å². The Kier molecular flexibility index (Phi) is 6.16. The maximum Gasteiger partial charge on any atom is 0.0499 e. The summed E-state index contributed by atoms with van der Waals surface area (Å²) < 4.78 is 0. The second-order valence-corrected chi connectivity index (χ2v) is 6.41. The Morgan fingerprint density at radius 1 is 1.31 bits per heavy atom. The van der Waals surface area contributed by atoms with Crippen LogP contribution in [0.3, 0.4) is 0 Å². The van der Waals surface area contributed by atoms with Crippen molar-refractivity contribution in [1.29, 1.82) is 0 Å². The molecule has 96 valence electrons. The minimum atomic E-state index is 0.139. The monoisotopic (exact) mass is 245 g/mol. The van der Waals surface area contributed by atoms with Gasteiger partial charge >= 0.3 is 0 Å². The molecule has 1 heterocycles. The maximum atomic E-state index is 9.60. The van der Waals surface area contributed by atoms with Crippen molar-refractivity contribution in [3.05, 3.63) is 0 Å². The lowest BCUT2D eigenvalue weighted by Gasteiger charge is -2.39. The van der Waals surface area contributed by atoms with E-state index in [1.807, 2.05) is 0 Å². The Hall–Kier alpha value is 0.270. The first kappa shape index (κ1) is 14.3. The number of aliphatic hydroxyl groups excluding tert-OH is 1. The predicted molar refractivity (Wildman–Crippen MR) is 73.1 cm³/mol. The molecule has 1 aliphatic heterocycles. The van der Waals surface area contributed by atoms with Crippen molar-refractivity contribution in [2.24, 2.45) is 5.41 Å². The average molecular weight is 245 g/mol. The first-order chi connectivity index (χ1) is 7.69. The van der Waals surface area contributed by atoms with Gasteiger partial charge in [0.15, 0.2) is 0 Å². The quantitative estimate of drug-likeness (QED) is 0.778. The second-order valence-electron chi connectivity index (χ2n) is 5.00. The van der Waals surface area contributed by atoms with Crippen molar-refractivity contribution in [2.75, 3.05) is 32.0 Å². The Labute approximate surface area is 105 Å². The summed E-state index contributed by atoms with van der Waals surface area (Å²) in [6.45, 7) is 10.5. The van der Waals surface area contributed by atoms with Gasteiger partial charge in [-0.15, -0.1) is 0 Å². The summed E-state index contributed by atoms with van der Waals surface area (Å²) in [7, 11) is 0. The lowest BCUT2D eigenvalue weighted by atomic mass is 9.82. The molecule has 3 heteroatoms. The molecule has 0 amide bonds. The highest BCUT2D eigenvalue weighted by Gasteiger charge is 2.30. The van der Waals surface area contributed by atoms with Gasteiger partial charge in [-0.05, 0) is 19.3 Å². The molecule has 0 aromatic heterocycles. The molecule has 0 aromatic rings. The fourth-order valence-corrected chi connectivity index (χ4v) is 3.64. The minimum Gasteiger partial charge on any atom is -0.396 e. The van der Waals surface area contributed by atoms with Crippen molar-refractivity contribution in [1.82, 2.24) is 4.90 Å². The Balaban J connectivity index is 2.50. The number of hydrogen-bond donors (Lipinski definition) is 1. The fraction of sp³-hybridized carbons (Fsp3) is 1.00. The van der Waals surface area contributed by atoms with E-state index in [4.69, 9.17) is 0 Å². The number of thioether (sulfide) groups is 1. The summed E-state index contributed by atoms with van der Waals surface area (Å²) >= 11 is 2.11. The third kappa shape index (κ3) is 3.64. The van der Waals surface area contributed by atoms with Crippen molar-refractivity contribution < 1.29 is 5.11 Å². The summed E-state index contributed by atoms with van der Waals surface area (Å²) in [4.78, 5) is 2.56. The zero-order valence-corrected chi connectivity index (χ0v) is 11.9. The molecular formula is C13H27NOS. The highest BCUT2D eigenvalue weighted by molar-refractivity contribution is 8.00. The molecule has 0 saturated carbocycles. The van der Waals surface area contributed by atoms with Crippen molar-refractivity contribution in [2.45, 2.75) is 45.3 Å². The highest BCUT2D eigenvalue weighted by Crippen LogP contribution is 2.29. The molecule has 0 radical (unpaired) electrons. The van der Waals surface area contributed by atoms with Gasteiger partial charge in [0.05, 0.1) is 0 Å². The molecule has 1 rings (SSSR count). The van der Waals surface area contributed by atoms with Gasteiger partial charge in [0, 0.05) is 42.7 Å². The maximum absolute atomic E-state index is 9.60. The standard InChI is InChI=1S/C13H27NOS/c1-4-12-9-14(7-8-16-12)10-13(5-2,6-3)11-15/h12,15H,4-11H2,1-3H3. The molecule has 1 saturated heterocycles. The molecular weight excluding hydrogens is 218 g/mol. The molecule has 1 N–H and O–H groups in total. The van der Waals surface area contributed by atoms with Crippen LogP contribution < -0.4 is 0 Å². The van der Waals surface area contributed by atoms with Crippen LogP contribution in [0.2, 0.25) is 0 Å². The summed E-state index contributed by atoms with van der Waals surface area (Å²) in [5.41, 5.74) is 0.139. The molecule has 1 unspecified atom stereocenters. The molecule has 0 aromatic carbocycles. The smallest absolute Gasteiger partial charge is 0.0499 e. The number of aliphatic hydroxyl groups is 1.